The van der Waals surface area contributed by atoms with Crippen molar-refractivity contribution in [2.75, 3.05) is 33.0 Å². The van der Waals surface area contributed by atoms with Gasteiger partial charge in [-0.25, -0.2) is 4.57 Å². The van der Waals surface area contributed by atoms with Gasteiger partial charge in [-0.15, -0.1) is 0 Å². The van der Waals surface area contributed by atoms with E-state index in [0.29, 0.717) is 13.0 Å². The van der Waals surface area contributed by atoms with Gasteiger partial charge in [0.1, 0.15) is 6.10 Å². The Morgan fingerprint density at radius 3 is 1.24 bits per heavy atom. The van der Waals surface area contributed by atoms with Gasteiger partial charge in [-0.2, -0.15) is 0 Å². The highest BCUT2D eigenvalue weighted by atomic mass is 31.2. The lowest BCUT2D eigenvalue weighted by Gasteiger charge is -2.20. The van der Waals surface area contributed by atoms with Crippen LogP contribution >= 0.6 is 7.82 Å². The molecule has 3 N–H and O–H groups in total. The molecular formula is C42H86NO7P. The van der Waals surface area contributed by atoms with Crippen molar-refractivity contribution in [1.29, 1.82) is 0 Å². The highest BCUT2D eigenvalue weighted by molar-refractivity contribution is 7.47. The van der Waals surface area contributed by atoms with Gasteiger partial charge in [0.15, 0.2) is 0 Å². The van der Waals surface area contributed by atoms with Gasteiger partial charge >= 0.3 is 13.8 Å². The van der Waals surface area contributed by atoms with Crippen LogP contribution in [-0.4, -0.2) is 49.9 Å². The van der Waals surface area contributed by atoms with Crippen LogP contribution in [-0.2, 0) is 27.9 Å². The molecule has 0 saturated carbocycles. The number of phosphoric acid groups is 1. The molecule has 0 aromatic heterocycles. The minimum Gasteiger partial charge on any atom is -0.457 e. The zero-order chi connectivity index (χ0) is 37.4. The van der Waals surface area contributed by atoms with Gasteiger partial charge in [0.05, 0.1) is 19.8 Å². The van der Waals surface area contributed by atoms with E-state index in [-0.39, 0.29) is 32.3 Å². The molecule has 0 fully saturated rings. The fourth-order valence-corrected chi connectivity index (χ4v) is 7.29. The highest BCUT2D eigenvalue weighted by Crippen LogP contribution is 2.43. The minimum atomic E-state index is -4.26. The lowest BCUT2D eigenvalue weighted by atomic mass is 10.0. The molecule has 0 aliphatic heterocycles. The van der Waals surface area contributed by atoms with Gasteiger partial charge in [-0.1, -0.05) is 206 Å². The normalized spacial score (nSPS) is 13.4. The monoisotopic (exact) mass is 748 g/mol. The molecule has 0 bridgehead atoms. The summed E-state index contributed by atoms with van der Waals surface area (Å²) in [4.78, 5) is 22.4. The molecule has 0 saturated heterocycles. The summed E-state index contributed by atoms with van der Waals surface area (Å²) in [5.41, 5.74) is 5.36. The van der Waals surface area contributed by atoms with E-state index in [1.54, 1.807) is 0 Å². The first-order valence-electron chi connectivity index (χ1n) is 22.0. The largest absolute Gasteiger partial charge is 0.472 e. The standard InChI is InChI=1S/C42H86NO7P/c1-3-5-7-9-11-13-15-16-17-18-19-20-21-22-23-24-25-27-29-31-33-35-42(44)50-41(40-49-51(45,46)48-38-36-43)39-47-37-34-32-30-28-26-14-12-10-8-6-4-2/h41H,3-40,43H2,1-2H3,(H,45,46). The fraction of sp³-hybridized carbons (Fsp3) is 0.976. The van der Waals surface area contributed by atoms with E-state index in [2.05, 4.69) is 13.8 Å². The molecule has 8 nitrogen and oxygen atoms in total. The summed E-state index contributed by atoms with van der Waals surface area (Å²) in [5.74, 6) is -0.324. The van der Waals surface area contributed by atoms with E-state index in [0.717, 1.165) is 32.1 Å². The van der Waals surface area contributed by atoms with Gasteiger partial charge in [-0.05, 0) is 12.8 Å². The summed E-state index contributed by atoms with van der Waals surface area (Å²) >= 11 is 0. The van der Waals surface area contributed by atoms with Crippen LogP contribution in [0.2, 0.25) is 0 Å². The second-order valence-corrected chi connectivity index (χ2v) is 16.4. The molecule has 0 aliphatic carbocycles. The van der Waals surface area contributed by atoms with Crippen molar-refractivity contribution in [3.05, 3.63) is 0 Å². The molecule has 306 valence electrons. The second kappa shape index (κ2) is 40.7. The Hall–Kier alpha value is -0.500. The molecule has 0 aliphatic rings. The van der Waals surface area contributed by atoms with Crippen LogP contribution in [0.1, 0.15) is 226 Å². The summed E-state index contributed by atoms with van der Waals surface area (Å²) in [7, 11) is -4.26. The van der Waals surface area contributed by atoms with Gasteiger partial charge in [-0.3, -0.25) is 13.8 Å². The molecule has 0 radical (unpaired) electrons. The molecule has 0 rings (SSSR count). The lowest BCUT2D eigenvalue weighted by Crippen LogP contribution is -2.28. The van der Waals surface area contributed by atoms with Crippen molar-refractivity contribution >= 4 is 13.8 Å². The van der Waals surface area contributed by atoms with E-state index in [4.69, 9.17) is 24.3 Å². The lowest BCUT2D eigenvalue weighted by molar-refractivity contribution is -0.154. The molecule has 9 heteroatoms. The Balaban J connectivity index is 3.90. The molecule has 2 atom stereocenters. The Labute approximate surface area is 316 Å². The summed E-state index contributed by atoms with van der Waals surface area (Å²) in [5, 5.41) is 0. The van der Waals surface area contributed by atoms with Gasteiger partial charge in [0, 0.05) is 19.6 Å². The SMILES string of the molecule is CCCCCCCCCCCCCCCCCCCCCCCC(=O)OC(COCCCCCCCCCCCCC)COP(=O)(O)OCCN. The number of unbranched alkanes of at least 4 members (excludes halogenated alkanes) is 30. The molecule has 2 unspecified atom stereocenters. The maximum atomic E-state index is 12.6. The number of carbonyl (C=O) groups excluding carboxylic acids is 1. The molecule has 51 heavy (non-hydrogen) atoms. The van der Waals surface area contributed by atoms with Gasteiger partial charge in [0.2, 0.25) is 0 Å². The first kappa shape index (κ1) is 50.5. The fourth-order valence-electron chi connectivity index (χ4n) is 6.53. The van der Waals surface area contributed by atoms with Gasteiger partial charge < -0.3 is 20.1 Å². The molecule has 0 amide bonds. The van der Waals surface area contributed by atoms with Crippen molar-refractivity contribution in [2.45, 2.75) is 232 Å². The first-order chi connectivity index (χ1) is 24.9. The van der Waals surface area contributed by atoms with Crippen LogP contribution in [0.25, 0.3) is 0 Å². The summed E-state index contributed by atoms with van der Waals surface area (Å²) in [6.07, 6.45) is 41.2. The third-order valence-electron chi connectivity index (χ3n) is 9.77. The van der Waals surface area contributed by atoms with Crippen LogP contribution < -0.4 is 5.73 Å². The number of ether oxygens (including phenoxy) is 2. The zero-order valence-electron chi connectivity index (χ0n) is 33.9. The summed E-state index contributed by atoms with van der Waals surface area (Å²) in [6, 6.07) is 0. The van der Waals surface area contributed by atoms with E-state index in [9.17, 15) is 14.3 Å². The van der Waals surface area contributed by atoms with Gasteiger partial charge in [0.25, 0.3) is 0 Å². The zero-order valence-corrected chi connectivity index (χ0v) is 34.8. The molecule has 0 aromatic rings. The molecule has 0 heterocycles. The number of rotatable bonds is 43. The maximum absolute atomic E-state index is 12.6. The van der Waals surface area contributed by atoms with Crippen molar-refractivity contribution in [2.24, 2.45) is 5.73 Å². The summed E-state index contributed by atoms with van der Waals surface area (Å²) < 4.78 is 33.4. The van der Waals surface area contributed by atoms with Crippen molar-refractivity contribution in [1.82, 2.24) is 0 Å². The Morgan fingerprint density at radius 2 is 0.863 bits per heavy atom. The second-order valence-electron chi connectivity index (χ2n) is 14.9. The smallest absolute Gasteiger partial charge is 0.457 e. The third-order valence-corrected chi connectivity index (χ3v) is 10.8. The molecular weight excluding hydrogens is 661 g/mol. The topological polar surface area (TPSA) is 117 Å². The number of esters is 1. The van der Waals surface area contributed by atoms with Crippen molar-refractivity contribution in [3.63, 3.8) is 0 Å². The predicted molar refractivity (Wildman–Crippen MR) is 215 cm³/mol. The Kier molecular flexibility index (Phi) is 40.3. The Bertz CT molecular complexity index is 757. The third kappa shape index (κ3) is 40.5. The molecule has 0 aromatic carbocycles. The highest BCUT2D eigenvalue weighted by Gasteiger charge is 2.25. The number of hydrogen-bond acceptors (Lipinski definition) is 7. The van der Waals surface area contributed by atoms with E-state index < -0.39 is 13.9 Å². The van der Waals surface area contributed by atoms with E-state index >= 15 is 0 Å². The van der Waals surface area contributed by atoms with Crippen molar-refractivity contribution in [3.8, 4) is 0 Å². The van der Waals surface area contributed by atoms with Crippen LogP contribution in [0, 0.1) is 0 Å². The minimum absolute atomic E-state index is 0.0902. The van der Waals surface area contributed by atoms with Crippen LogP contribution in [0.3, 0.4) is 0 Å². The Morgan fingerprint density at radius 1 is 0.510 bits per heavy atom. The first-order valence-corrected chi connectivity index (χ1v) is 23.5. The number of phosphoric ester groups is 1. The number of hydrogen-bond donors (Lipinski definition) is 2. The van der Waals surface area contributed by atoms with E-state index in [1.165, 1.54) is 173 Å². The molecule has 0 spiro atoms. The van der Waals surface area contributed by atoms with E-state index in [1.807, 2.05) is 0 Å². The van der Waals surface area contributed by atoms with Crippen LogP contribution in [0.15, 0.2) is 0 Å². The number of carbonyl (C=O) groups is 1. The predicted octanol–water partition coefficient (Wildman–Crippen LogP) is 12.9. The van der Waals surface area contributed by atoms with Crippen molar-refractivity contribution < 1.29 is 32.8 Å². The van der Waals surface area contributed by atoms with Crippen LogP contribution in [0.4, 0.5) is 0 Å². The summed E-state index contributed by atoms with van der Waals surface area (Å²) in [6.45, 7) is 4.97. The average Bonchev–Trinajstić information content (AvgIpc) is 3.12. The maximum Gasteiger partial charge on any atom is 0.472 e. The average molecular weight is 748 g/mol. The number of nitrogens with two attached hydrogens (primary N) is 1. The van der Waals surface area contributed by atoms with Crippen LogP contribution in [0.5, 0.6) is 0 Å². The quantitative estimate of drug-likeness (QED) is 0.0360.